The lowest BCUT2D eigenvalue weighted by Crippen LogP contribution is -2.36. The predicted octanol–water partition coefficient (Wildman–Crippen LogP) is 2.48. The second-order valence-electron chi connectivity index (χ2n) is 8.25. The number of H-pyrrole nitrogens is 1. The van der Waals surface area contributed by atoms with E-state index in [2.05, 4.69) is 60.9 Å². The first-order valence-corrected chi connectivity index (χ1v) is 8.28. The van der Waals surface area contributed by atoms with Crippen molar-refractivity contribution in [2.24, 2.45) is 11.8 Å². The van der Waals surface area contributed by atoms with E-state index in [4.69, 9.17) is 0 Å². The molecule has 4 nitrogen and oxygen atoms in total. The Morgan fingerprint density at radius 1 is 1.29 bits per heavy atom. The van der Waals surface area contributed by atoms with Crippen LogP contribution in [0.1, 0.15) is 45.0 Å². The molecule has 0 bridgehead atoms. The minimum atomic E-state index is 0.127. The molecule has 0 unspecified atom stereocenters. The van der Waals surface area contributed by atoms with Gasteiger partial charge in [0.25, 0.3) is 0 Å². The summed E-state index contributed by atoms with van der Waals surface area (Å²) in [4.78, 5) is 5.03. The van der Waals surface area contributed by atoms with Gasteiger partial charge in [0.05, 0.1) is 5.69 Å². The minimum Gasteiger partial charge on any atom is -0.305 e. The molecule has 0 aromatic carbocycles. The highest BCUT2D eigenvalue weighted by molar-refractivity contribution is 5.16. The molecule has 118 valence electrons. The molecule has 3 rings (SSSR count). The topological polar surface area (TPSA) is 35.2 Å². The van der Waals surface area contributed by atoms with Crippen molar-refractivity contribution in [2.75, 3.05) is 27.2 Å². The van der Waals surface area contributed by atoms with E-state index in [1.54, 1.807) is 0 Å². The maximum absolute atomic E-state index is 4.49. The molecule has 1 saturated carbocycles. The summed E-state index contributed by atoms with van der Waals surface area (Å²) in [6.45, 7) is 10.1. The Balaban J connectivity index is 1.64. The average molecular weight is 290 g/mol. The molecule has 2 aliphatic rings. The molecular weight excluding hydrogens is 260 g/mol. The van der Waals surface area contributed by atoms with Crippen LogP contribution in [0.2, 0.25) is 0 Å². The van der Waals surface area contributed by atoms with E-state index < -0.39 is 0 Å². The second kappa shape index (κ2) is 5.40. The number of hydrogen-bond donors (Lipinski definition) is 1. The summed E-state index contributed by atoms with van der Waals surface area (Å²) in [6, 6.07) is 2.97. The molecule has 1 aliphatic heterocycles. The van der Waals surface area contributed by atoms with Gasteiger partial charge in [0, 0.05) is 36.8 Å². The maximum Gasteiger partial charge on any atom is 0.0678 e. The minimum absolute atomic E-state index is 0.127. The summed E-state index contributed by atoms with van der Waals surface area (Å²) in [7, 11) is 4.47. The number of aromatic amines is 1. The van der Waals surface area contributed by atoms with E-state index in [1.165, 1.54) is 37.3 Å². The van der Waals surface area contributed by atoms with Crippen LogP contribution in [-0.2, 0) is 12.0 Å². The largest absolute Gasteiger partial charge is 0.305 e. The molecule has 0 amide bonds. The lowest BCUT2D eigenvalue weighted by Gasteiger charge is -2.24. The molecule has 1 aliphatic carbocycles. The average Bonchev–Trinajstić information content (AvgIpc) is 2.96. The van der Waals surface area contributed by atoms with Crippen LogP contribution in [0.5, 0.6) is 0 Å². The quantitative estimate of drug-likeness (QED) is 0.925. The lowest BCUT2D eigenvalue weighted by molar-refractivity contribution is 0.233. The third-order valence-corrected chi connectivity index (χ3v) is 5.09. The fourth-order valence-corrected chi connectivity index (χ4v) is 3.62. The number of nitrogens with zero attached hydrogens (tertiary/aromatic N) is 3. The third kappa shape index (κ3) is 3.32. The molecule has 4 heteroatoms. The van der Waals surface area contributed by atoms with E-state index in [-0.39, 0.29) is 5.41 Å². The van der Waals surface area contributed by atoms with Gasteiger partial charge in [-0.15, -0.1) is 0 Å². The van der Waals surface area contributed by atoms with Gasteiger partial charge in [-0.05, 0) is 44.8 Å². The first kappa shape index (κ1) is 15.0. The SMILES string of the molecule is CN(C)[C@H]1CN(Cc2cc(C(C)(C)C)n[nH]2)C[C@@H]1C1CC1. The fraction of sp³-hybridized carbons (Fsp3) is 0.824. The van der Waals surface area contributed by atoms with Crippen LogP contribution in [0.25, 0.3) is 0 Å². The molecule has 0 spiro atoms. The normalized spacial score (nSPS) is 27.7. The van der Waals surface area contributed by atoms with Crippen molar-refractivity contribution in [3.05, 3.63) is 17.5 Å². The van der Waals surface area contributed by atoms with Crippen molar-refractivity contribution in [3.63, 3.8) is 0 Å². The van der Waals surface area contributed by atoms with E-state index in [9.17, 15) is 0 Å². The zero-order valence-corrected chi connectivity index (χ0v) is 14.2. The molecule has 1 aromatic rings. The van der Waals surface area contributed by atoms with Gasteiger partial charge in [0.2, 0.25) is 0 Å². The van der Waals surface area contributed by atoms with Crippen molar-refractivity contribution >= 4 is 0 Å². The van der Waals surface area contributed by atoms with Crippen LogP contribution >= 0.6 is 0 Å². The summed E-state index contributed by atoms with van der Waals surface area (Å²) in [6.07, 6.45) is 2.89. The van der Waals surface area contributed by atoms with Crippen LogP contribution in [-0.4, -0.2) is 53.2 Å². The van der Waals surface area contributed by atoms with Gasteiger partial charge in [-0.3, -0.25) is 10.00 Å². The van der Waals surface area contributed by atoms with Crippen LogP contribution in [0.3, 0.4) is 0 Å². The molecule has 1 N–H and O–H groups in total. The Morgan fingerprint density at radius 2 is 2.00 bits per heavy atom. The summed E-state index contributed by atoms with van der Waals surface area (Å²) in [5.41, 5.74) is 2.55. The van der Waals surface area contributed by atoms with Crippen molar-refractivity contribution in [1.82, 2.24) is 20.0 Å². The molecule has 2 fully saturated rings. The van der Waals surface area contributed by atoms with E-state index >= 15 is 0 Å². The van der Waals surface area contributed by atoms with Crippen molar-refractivity contribution in [1.29, 1.82) is 0 Å². The van der Waals surface area contributed by atoms with E-state index in [1.807, 2.05) is 0 Å². The molecular formula is C17H30N4. The Labute approximate surface area is 128 Å². The molecule has 2 atom stereocenters. The summed E-state index contributed by atoms with van der Waals surface area (Å²) >= 11 is 0. The smallest absolute Gasteiger partial charge is 0.0678 e. The molecule has 1 saturated heterocycles. The van der Waals surface area contributed by atoms with Crippen LogP contribution < -0.4 is 0 Å². The highest BCUT2D eigenvalue weighted by Crippen LogP contribution is 2.42. The van der Waals surface area contributed by atoms with Gasteiger partial charge < -0.3 is 4.90 Å². The first-order valence-electron chi connectivity index (χ1n) is 8.28. The highest BCUT2D eigenvalue weighted by atomic mass is 15.3. The van der Waals surface area contributed by atoms with E-state index in [0.29, 0.717) is 0 Å². The maximum atomic E-state index is 4.49. The first-order chi connectivity index (χ1) is 9.84. The predicted molar refractivity (Wildman–Crippen MR) is 86.3 cm³/mol. The number of aromatic nitrogens is 2. The van der Waals surface area contributed by atoms with Crippen molar-refractivity contribution in [3.8, 4) is 0 Å². The molecule has 1 aromatic heterocycles. The highest BCUT2D eigenvalue weighted by Gasteiger charge is 2.43. The number of likely N-dealkylation sites (tertiary alicyclic amines) is 1. The Morgan fingerprint density at radius 3 is 2.52 bits per heavy atom. The number of rotatable bonds is 4. The Hall–Kier alpha value is -0.870. The van der Waals surface area contributed by atoms with E-state index in [0.717, 1.165) is 24.4 Å². The van der Waals surface area contributed by atoms with Crippen molar-refractivity contribution in [2.45, 2.75) is 51.6 Å². The van der Waals surface area contributed by atoms with Crippen LogP contribution in [0, 0.1) is 11.8 Å². The summed E-state index contributed by atoms with van der Waals surface area (Å²) in [5.74, 6) is 1.85. The number of likely N-dealkylation sites (N-methyl/N-ethyl adjacent to an activating group) is 1. The number of hydrogen-bond acceptors (Lipinski definition) is 3. The zero-order valence-electron chi connectivity index (χ0n) is 14.2. The van der Waals surface area contributed by atoms with Crippen LogP contribution in [0.4, 0.5) is 0 Å². The standard InChI is InChI=1S/C17H30N4/c1-17(2,3)16-8-13(18-19-16)9-21-10-14(12-6-7-12)15(11-21)20(4)5/h8,12,14-15H,6-7,9-11H2,1-5H3,(H,18,19)/t14-,15+/m1/s1. The van der Waals surface area contributed by atoms with Crippen molar-refractivity contribution < 1.29 is 0 Å². The van der Waals surface area contributed by atoms with Gasteiger partial charge in [0.15, 0.2) is 0 Å². The number of nitrogens with one attached hydrogen (secondary N) is 1. The second-order valence-corrected chi connectivity index (χ2v) is 8.25. The lowest BCUT2D eigenvalue weighted by atomic mass is 9.92. The Bertz CT molecular complexity index is 471. The third-order valence-electron chi connectivity index (χ3n) is 5.09. The summed E-state index contributed by atoms with van der Waals surface area (Å²) < 4.78 is 0. The molecule has 21 heavy (non-hydrogen) atoms. The summed E-state index contributed by atoms with van der Waals surface area (Å²) in [5, 5.41) is 7.73. The van der Waals surface area contributed by atoms with Gasteiger partial charge >= 0.3 is 0 Å². The van der Waals surface area contributed by atoms with Gasteiger partial charge in [-0.2, -0.15) is 5.10 Å². The fourth-order valence-electron chi connectivity index (χ4n) is 3.62. The zero-order chi connectivity index (χ0) is 15.2. The molecule has 0 radical (unpaired) electrons. The van der Waals surface area contributed by atoms with Crippen LogP contribution in [0.15, 0.2) is 6.07 Å². The van der Waals surface area contributed by atoms with Gasteiger partial charge in [0.1, 0.15) is 0 Å². The monoisotopic (exact) mass is 290 g/mol. The Kier molecular flexibility index (Phi) is 3.87. The van der Waals surface area contributed by atoms with Gasteiger partial charge in [-0.1, -0.05) is 20.8 Å². The van der Waals surface area contributed by atoms with Gasteiger partial charge in [-0.25, -0.2) is 0 Å². The molecule has 2 heterocycles.